The first-order valence-corrected chi connectivity index (χ1v) is 7.99. The molecule has 1 aliphatic heterocycles. The van der Waals surface area contributed by atoms with E-state index in [1.54, 1.807) is 0 Å². The Hall–Kier alpha value is -2.04. The van der Waals surface area contributed by atoms with Crippen LogP contribution in [0.1, 0.15) is 21.5 Å². The summed E-state index contributed by atoms with van der Waals surface area (Å²) in [7, 11) is 0. The molecule has 2 aromatic carbocycles. The summed E-state index contributed by atoms with van der Waals surface area (Å²) in [4.78, 5) is 12.4. The molecule has 2 N–H and O–H groups in total. The molecule has 3 rings (SSSR count). The lowest BCUT2D eigenvalue weighted by molar-refractivity contribution is 0.0937. The van der Waals surface area contributed by atoms with Crippen LogP contribution >= 0.6 is 12.4 Å². The molecule has 24 heavy (non-hydrogen) atoms. The standard InChI is InChI=1S/C19H22N2O2.ClH/c1-14-6-2-3-7-16(14)13-23-18-9-5-4-8-17(18)19(22)21-12-15-10-20-11-15;/h2-9,15,20H,10-13H2,1H3,(H,21,22);1H. The van der Waals surface area contributed by atoms with Crippen molar-refractivity contribution in [1.29, 1.82) is 0 Å². The van der Waals surface area contributed by atoms with Gasteiger partial charge in [0.15, 0.2) is 0 Å². The normalized spacial score (nSPS) is 13.5. The van der Waals surface area contributed by atoms with Crippen molar-refractivity contribution in [3.63, 3.8) is 0 Å². The smallest absolute Gasteiger partial charge is 0.255 e. The maximum Gasteiger partial charge on any atom is 0.255 e. The number of para-hydroxylation sites is 1. The van der Waals surface area contributed by atoms with Crippen LogP contribution in [0.15, 0.2) is 48.5 Å². The van der Waals surface area contributed by atoms with E-state index in [9.17, 15) is 4.79 Å². The zero-order valence-corrected chi connectivity index (χ0v) is 14.6. The number of halogens is 1. The van der Waals surface area contributed by atoms with E-state index < -0.39 is 0 Å². The van der Waals surface area contributed by atoms with Gasteiger partial charge in [-0.1, -0.05) is 36.4 Å². The molecule has 0 unspecified atom stereocenters. The third kappa shape index (κ3) is 4.49. The van der Waals surface area contributed by atoms with Gasteiger partial charge in [0.05, 0.1) is 5.56 Å². The lowest BCUT2D eigenvalue weighted by atomic mass is 10.0. The highest BCUT2D eigenvalue weighted by Crippen LogP contribution is 2.20. The third-order valence-electron chi connectivity index (χ3n) is 4.19. The minimum Gasteiger partial charge on any atom is -0.488 e. The van der Waals surface area contributed by atoms with Crippen LogP contribution in [0.5, 0.6) is 5.75 Å². The zero-order chi connectivity index (χ0) is 16.1. The van der Waals surface area contributed by atoms with Crippen molar-refractivity contribution < 1.29 is 9.53 Å². The number of carbonyl (C=O) groups is 1. The van der Waals surface area contributed by atoms with E-state index in [4.69, 9.17) is 4.74 Å². The van der Waals surface area contributed by atoms with Crippen LogP contribution in [0.4, 0.5) is 0 Å². The Bertz CT molecular complexity index is 687. The minimum absolute atomic E-state index is 0. The molecule has 0 bridgehead atoms. The molecule has 0 aromatic heterocycles. The van der Waals surface area contributed by atoms with Gasteiger partial charge in [0.2, 0.25) is 0 Å². The molecule has 4 nitrogen and oxygen atoms in total. The van der Waals surface area contributed by atoms with Crippen LogP contribution in [0.3, 0.4) is 0 Å². The number of hydrogen-bond donors (Lipinski definition) is 2. The molecule has 5 heteroatoms. The third-order valence-corrected chi connectivity index (χ3v) is 4.19. The quantitative estimate of drug-likeness (QED) is 0.845. The van der Waals surface area contributed by atoms with Crippen molar-refractivity contribution in [3.05, 3.63) is 65.2 Å². The predicted molar refractivity (Wildman–Crippen MR) is 97.9 cm³/mol. The molecule has 0 saturated carbocycles. The highest BCUT2D eigenvalue weighted by molar-refractivity contribution is 5.96. The van der Waals surface area contributed by atoms with Gasteiger partial charge in [-0.15, -0.1) is 12.4 Å². The van der Waals surface area contributed by atoms with E-state index in [-0.39, 0.29) is 18.3 Å². The van der Waals surface area contributed by atoms with Gasteiger partial charge in [-0.2, -0.15) is 0 Å². The second-order valence-electron chi connectivity index (χ2n) is 5.95. The van der Waals surface area contributed by atoms with Crippen molar-refractivity contribution in [2.45, 2.75) is 13.5 Å². The fraction of sp³-hybridized carbons (Fsp3) is 0.316. The van der Waals surface area contributed by atoms with Crippen LogP contribution in [-0.4, -0.2) is 25.5 Å². The average molecular weight is 347 g/mol. The molecule has 0 atom stereocenters. The molecular formula is C19H23ClN2O2. The van der Waals surface area contributed by atoms with Crippen LogP contribution in [-0.2, 0) is 6.61 Å². The molecule has 1 saturated heterocycles. The first-order chi connectivity index (χ1) is 11.2. The lowest BCUT2D eigenvalue weighted by Gasteiger charge is -2.27. The van der Waals surface area contributed by atoms with Gasteiger partial charge >= 0.3 is 0 Å². The fourth-order valence-electron chi connectivity index (χ4n) is 2.53. The van der Waals surface area contributed by atoms with Crippen molar-refractivity contribution in [2.24, 2.45) is 5.92 Å². The lowest BCUT2D eigenvalue weighted by Crippen LogP contribution is -2.48. The Kier molecular flexibility index (Phi) is 6.64. The highest BCUT2D eigenvalue weighted by Gasteiger charge is 2.19. The Morgan fingerprint density at radius 3 is 2.58 bits per heavy atom. The second-order valence-corrected chi connectivity index (χ2v) is 5.95. The number of aryl methyl sites for hydroxylation is 1. The maximum atomic E-state index is 12.4. The number of nitrogens with one attached hydrogen (secondary N) is 2. The van der Waals surface area contributed by atoms with Crippen LogP contribution < -0.4 is 15.4 Å². The Morgan fingerprint density at radius 2 is 1.88 bits per heavy atom. The summed E-state index contributed by atoms with van der Waals surface area (Å²) < 4.78 is 5.90. The zero-order valence-electron chi connectivity index (χ0n) is 13.7. The summed E-state index contributed by atoms with van der Waals surface area (Å²) in [6.07, 6.45) is 0. The number of hydrogen-bond acceptors (Lipinski definition) is 3. The number of carbonyl (C=O) groups excluding carboxylic acids is 1. The summed E-state index contributed by atoms with van der Waals surface area (Å²) in [5, 5.41) is 6.20. The van der Waals surface area contributed by atoms with Crippen molar-refractivity contribution in [1.82, 2.24) is 10.6 Å². The molecule has 2 aromatic rings. The van der Waals surface area contributed by atoms with Gasteiger partial charge in [0.1, 0.15) is 12.4 Å². The van der Waals surface area contributed by atoms with Crippen LogP contribution in [0.25, 0.3) is 0 Å². The Morgan fingerprint density at radius 1 is 1.17 bits per heavy atom. The summed E-state index contributed by atoms with van der Waals surface area (Å²) in [5.41, 5.74) is 2.91. The van der Waals surface area contributed by atoms with Crippen molar-refractivity contribution in [2.75, 3.05) is 19.6 Å². The predicted octanol–water partition coefficient (Wildman–Crippen LogP) is 2.95. The number of benzene rings is 2. The summed E-state index contributed by atoms with van der Waals surface area (Å²) >= 11 is 0. The van der Waals surface area contributed by atoms with E-state index in [1.807, 2.05) is 42.5 Å². The molecule has 1 heterocycles. The molecule has 1 amide bonds. The molecular weight excluding hydrogens is 324 g/mol. The van der Waals surface area contributed by atoms with Crippen LogP contribution in [0.2, 0.25) is 0 Å². The summed E-state index contributed by atoms with van der Waals surface area (Å²) in [6.45, 7) is 5.18. The molecule has 0 radical (unpaired) electrons. The number of amides is 1. The average Bonchev–Trinajstić information content (AvgIpc) is 2.53. The first kappa shape index (κ1) is 18.3. The minimum atomic E-state index is -0.0720. The molecule has 0 aliphatic carbocycles. The van der Waals surface area contributed by atoms with E-state index in [2.05, 4.69) is 23.6 Å². The van der Waals surface area contributed by atoms with E-state index in [0.717, 1.165) is 18.7 Å². The van der Waals surface area contributed by atoms with Crippen molar-refractivity contribution >= 4 is 18.3 Å². The van der Waals surface area contributed by atoms with Gasteiger partial charge in [-0.3, -0.25) is 4.79 Å². The summed E-state index contributed by atoms with van der Waals surface area (Å²) in [5.74, 6) is 1.09. The number of ether oxygens (including phenoxy) is 1. The molecule has 128 valence electrons. The van der Waals surface area contributed by atoms with Gasteiger partial charge in [0.25, 0.3) is 5.91 Å². The van der Waals surface area contributed by atoms with Crippen molar-refractivity contribution in [3.8, 4) is 5.75 Å². The number of rotatable bonds is 6. The topological polar surface area (TPSA) is 50.4 Å². The monoisotopic (exact) mass is 346 g/mol. The van der Waals surface area contributed by atoms with E-state index in [0.29, 0.717) is 30.4 Å². The second kappa shape index (κ2) is 8.71. The van der Waals surface area contributed by atoms with Gasteiger partial charge in [-0.25, -0.2) is 0 Å². The molecule has 0 spiro atoms. The van der Waals surface area contributed by atoms with Gasteiger partial charge in [-0.05, 0) is 30.2 Å². The first-order valence-electron chi connectivity index (χ1n) is 7.99. The molecule has 1 aliphatic rings. The Balaban J connectivity index is 0.00000208. The Labute approximate surface area is 149 Å². The van der Waals surface area contributed by atoms with E-state index in [1.165, 1.54) is 5.56 Å². The summed E-state index contributed by atoms with van der Waals surface area (Å²) in [6, 6.07) is 15.5. The van der Waals surface area contributed by atoms with E-state index >= 15 is 0 Å². The SMILES string of the molecule is Cc1ccccc1COc1ccccc1C(=O)NCC1CNC1.Cl. The highest BCUT2D eigenvalue weighted by atomic mass is 35.5. The fourth-order valence-corrected chi connectivity index (χ4v) is 2.53. The van der Waals surface area contributed by atoms with Gasteiger partial charge < -0.3 is 15.4 Å². The largest absolute Gasteiger partial charge is 0.488 e. The van der Waals surface area contributed by atoms with Gasteiger partial charge in [0, 0.05) is 25.6 Å². The maximum absolute atomic E-state index is 12.4. The molecule has 1 fully saturated rings. The van der Waals surface area contributed by atoms with Crippen LogP contribution in [0, 0.1) is 12.8 Å².